The molecule has 11 heteroatoms. The average molecular weight is 383 g/mol. The number of imidazole rings is 1. The molecular formula is C15H17N3O7S. The van der Waals surface area contributed by atoms with Gasteiger partial charge in [-0.25, -0.2) is 4.98 Å². The number of hydrogen-bond acceptors (Lipinski definition) is 8. The number of nitrogens with zero attached hydrogens (tertiary/aromatic N) is 3. The third kappa shape index (κ3) is 4.25. The molecule has 0 bridgehead atoms. The normalized spacial score (nSPS) is 23.2. The van der Waals surface area contributed by atoms with Crippen LogP contribution in [-0.4, -0.2) is 48.5 Å². The van der Waals surface area contributed by atoms with Gasteiger partial charge in [0.1, 0.15) is 6.10 Å². The molecule has 2 aromatic rings. The van der Waals surface area contributed by atoms with Crippen molar-refractivity contribution in [2.75, 3.05) is 19.5 Å². The molecule has 0 spiro atoms. The molecule has 1 aromatic heterocycles. The summed E-state index contributed by atoms with van der Waals surface area (Å²) in [5.41, 5.74) is 0.514. The molecule has 1 aliphatic heterocycles. The molecule has 0 N–H and O–H groups in total. The van der Waals surface area contributed by atoms with Crippen molar-refractivity contribution in [1.82, 2.24) is 9.55 Å². The van der Waals surface area contributed by atoms with Gasteiger partial charge in [0.05, 0.1) is 37.3 Å². The van der Waals surface area contributed by atoms with Gasteiger partial charge in [0.2, 0.25) is 5.79 Å². The Morgan fingerprint density at radius 1 is 1.42 bits per heavy atom. The first-order valence-electron chi connectivity index (χ1n) is 7.64. The van der Waals surface area contributed by atoms with Crippen LogP contribution in [0.1, 0.15) is 5.56 Å². The molecule has 0 aliphatic carbocycles. The largest absolute Gasteiger partial charge is 0.342 e. The minimum absolute atomic E-state index is 0.0542. The first kappa shape index (κ1) is 18.5. The van der Waals surface area contributed by atoms with Gasteiger partial charge in [-0.3, -0.25) is 14.3 Å². The van der Waals surface area contributed by atoms with E-state index < -0.39 is 26.9 Å². The number of non-ortho nitro benzene ring substituents is 1. The Morgan fingerprint density at radius 2 is 2.15 bits per heavy atom. The van der Waals surface area contributed by atoms with Crippen LogP contribution in [0.25, 0.3) is 0 Å². The van der Waals surface area contributed by atoms with E-state index in [4.69, 9.17) is 13.7 Å². The van der Waals surface area contributed by atoms with Crippen molar-refractivity contribution in [3.63, 3.8) is 0 Å². The van der Waals surface area contributed by atoms with Crippen LogP contribution < -0.4 is 0 Å². The van der Waals surface area contributed by atoms with Crippen LogP contribution in [0, 0.1) is 10.1 Å². The Labute approximate surface area is 149 Å². The number of ether oxygens (including phenoxy) is 2. The van der Waals surface area contributed by atoms with E-state index in [1.165, 1.54) is 12.1 Å². The molecule has 1 aliphatic rings. The van der Waals surface area contributed by atoms with E-state index in [1.807, 2.05) is 0 Å². The van der Waals surface area contributed by atoms with Gasteiger partial charge in [0, 0.05) is 30.1 Å². The molecule has 2 heterocycles. The maximum absolute atomic E-state index is 11.2. The first-order chi connectivity index (χ1) is 12.3. The summed E-state index contributed by atoms with van der Waals surface area (Å²) in [7, 11) is -3.60. The van der Waals surface area contributed by atoms with Crippen LogP contribution in [0.2, 0.25) is 0 Å². The summed E-state index contributed by atoms with van der Waals surface area (Å²) >= 11 is 0. The van der Waals surface area contributed by atoms with Crippen molar-refractivity contribution >= 4 is 15.8 Å². The number of benzene rings is 1. The molecule has 0 unspecified atom stereocenters. The Bertz CT molecular complexity index is 867. The second-order valence-electron chi connectivity index (χ2n) is 5.83. The van der Waals surface area contributed by atoms with Crippen LogP contribution in [0.5, 0.6) is 0 Å². The first-order valence-corrected chi connectivity index (χ1v) is 9.46. The van der Waals surface area contributed by atoms with Gasteiger partial charge in [-0.15, -0.1) is 0 Å². The zero-order chi connectivity index (χ0) is 18.8. The van der Waals surface area contributed by atoms with Gasteiger partial charge in [0.15, 0.2) is 0 Å². The summed E-state index contributed by atoms with van der Waals surface area (Å²) < 4.78 is 40.7. The van der Waals surface area contributed by atoms with Crippen molar-refractivity contribution in [2.45, 2.75) is 18.4 Å². The summed E-state index contributed by atoms with van der Waals surface area (Å²) in [5, 5.41) is 10.9. The molecule has 1 aromatic carbocycles. The fourth-order valence-electron chi connectivity index (χ4n) is 2.63. The summed E-state index contributed by atoms with van der Waals surface area (Å²) in [6.45, 7) is 0.166. The molecule has 0 saturated carbocycles. The second kappa shape index (κ2) is 7.11. The van der Waals surface area contributed by atoms with Gasteiger partial charge >= 0.3 is 0 Å². The highest BCUT2D eigenvalue weighted by Crippen LogP contribution is 2.37. The maximum Gasteiger partial charge on any atom is 0.269 e. The second-order valence-corrected chi connectivity index (χ2v) is 7.48. The minimum atomic E-state index is -3.60. The summed E-state index contributed by atoms with van der Waals surface area (Å²) in [6, 6.07) is 5.82. The smallest absolute Gasteiger partial charge is 0.269 e. The highest BCUT2D eigenvalue weighted by Gasteiger charge is 2.44. The van der Waals surface area contributed by atoms with Crippen LogP contribution in [-0.2, 0) is 36.1 Å². The monoisotopic (exact) mass is 383 g/mol. The van der Waals surface area contributed by atoms with Crippen molar-refractivity contribution < 1.29 is 27.0 Å². The predicted molar refractivity (Wildman–Crippen MR) is 88.6 cm³/mol. The van der Waals surface area contributed by atoms with E-state index in [2.05, 4.69) is 4.98 Å². The van der Waals surface area contributed by atoms with Gasteiger partial charge in [0.25, 0.3) is 15.8 Å². The predicted octanol–water partition coefficient (Wildman–Crippen LogP) is 1.04. The Kier molecular flexibility index (Phi) is 5.05. The lowest BCUT2D eigenvalue weighted by molar-refractivity contribution is -0.384. The lowest BCUT2D eigenvalue weighted by atomic mass is 10.1. The van der Waals surface area contributed by atoms with E-state index >= 15 is 0 Å². The van der Waals surface area contributed by atoms with E-state index in [0.717, 1.165) is 6.26 Å². The fraction of sp³-hybridized carbons (Fsp3) is 0.400. The van der Waals surface area contributed by atoms with Crippen LogP contribution >= 0.6 is 0 Å². The number of rotatable bonds is 7. The summed E-state index contributed by atoms with van der Waals surface area (Å²) in [6.07, 6.45) is 5.25. The van der Waals surface area contributed by atoms with Gasteiger partial charge in [-0.1, -0.05) is 0 Å². The molecule has 3 rings (SSSR count). The average Bonchev–Trinajstić information content (AvgIpc) is 3.23. The highest BCUT2D eigenvalue weighted by atomic mass is 32.2. The lowest BCUT2D eigenvalue weighted by Gasteiger charge is -2.29. The zero-order valence-electron chi connectivity index (χ0n) is 13.8. The van der Waals surface area contributed by atoms with Gasteiger partial charge < -0.3 is 14.0 Å². The molecule has 1 saturated heterocycles. The summed E-state index contributed by atoms with van der Waals surface area (Å²) in [4.78, 5) is 14.3. The third-order valence-corrected chi connectivity index (χ3v) is 4.36. The van der Waals surface area contributed by atoms with Crippen LogP contribution in [0.15, 0.2) is 43.0 Å². The zero-order valence-corrected chi connectivity index (χ0v) is 14.7. The van der Waals surface area contributed by atoms with E-state index in [0.29, 0.717) is 5.56 Å². The van der Waals surface area contributed by atoms with Crippen LogP contribution in [0.4, 0.5) is 5.69 Å². The number of hydrogen-bond donors (Lipinski definition) is 0. The highest BCUT2D eigenvalue weighted by molar-refractivity contribution is 7.85. The molecular weight excluding hydrogens is 366 g/mol. The number of nitro benzene ring substituents is 1. The van der Waals surface area contributed by atoms with Crippen molar-refractivity contribution in [3.8, 4) is 0 Å². The van der Waals surface area contributed by atoms with Crippen molar-refractivity contribution in [2.24, 2.45) is 0 Å². The molecule has 0 amide bonds. The minimum Gasteiger partial charge on any atom is -0.342 e. The standard InChI is InChI=1S/C15H17N3O7S/c1-26(21,22)24-9-14-8-23-15(25-14,10-17-7-6-16-11-17)12-2-4-13(5-3-12)18(19)20/h2-7,11,14H,8-10H2,1H3/t14-,15-/m0/s1. The summed E-state index contributed by atoms with van der Waals surface area (Å²) in [5.74, 6) is -1.23. The molecule has 10 nitrogen and oxygen atoms in total. The maximum atomic E-state index is 11.2. The molecule has 0 radical (unpaired) electrons. The number of nitro groups is 1. The molecule has 2 atom stereocenters. The fourth-order valence-corrected chi connectivity index (χ4v) is 3.03. The molecule has 140 valence electrons. The molecule has 1 fully saturated rings. The van der Waals surface area contributed by atoms with Gasteiger partial charge in [-0.2, -0.15) is 8.42 Å². The Hall–Kier alpha value is -2.34. The van der Waals surface area contributed by atoms with Crippen LogP contribution in [0.3, 0.4) is 0 Å². The van der Waals surface area contributed by atoms with E-state index in [1.54, 1.807) is 35.4 Å². The topological polar surface area (TPSA) is 123 Å². The lowest BCUT2D eigenvalue weighted by Crippen LogP contribution is -2.34. The number of aromatic nitrogens is 2. The molecule has 26 heavy (non-hydrogen) atoms. The van der Waals surface area contributed by atoms with Crippen molar-refractivity contribution in [3.05, 3.63) is 58.7 Å². The van der Waals surface area contributed by atoms with E-state index in [9.17, 15) is 18.5 Å². The van der Waals surface area contributed by atoms with Crippen molar-refractivity contribution in [1.29, 1.82) is 0 Å². The van der Waals surface area contributed by atoms with Gasteiger partial charge in [-0.05, 0) is 12.1 Å². The SMILES string of the molecule is CS(=O)(=O)OC[C@@H]1CO[C@](Cn2ccnc2)(c2ccc([N+](=O)[O-])cc2)O1. The quantitative estimate of drug-likeness (QED) is 0.395. The Balaban J connectivity index is 1.85. The Morgan fingerprint density at radius 3 is 2.73 bits per heavy atom. The third-order valence-electron chi connectivity index (χ3n) is 3.80. The van der Waals surface area contributed by atoms with E-state index in [-0.39, 0.29) is 25.4 Å².